The maximum atomic E-state index is 12.4. The van der Waals surface area contributed by atoms with Gasteiger partial charge in [-0.2, -0.15) is 0 Å². The Bertz CT molecular complexity index is 1010. The minimum Gasteiger partial charge on any atom is -0.468 e. The molecule has 32 heavy (non-hydrogen) atoms. The van der Waals surface area contributed by atoms with Crippen LogP contribution in [-0.4, -0.2) is 43.7 Å². The third-order valence-corrected chi connectivity index (χ3v) is 5.46. The summed E-state index contributed by atoms with van der Waals surface area (Å²) in [7, 11) is 0. The molecule has 1 aromatic heterocycles. The maximum Gasteiger partial charge on any atom is 0.412 e. The lowest BCUT2D eigenvalue weighted by Crippen LogP contribution is -2.41. The molecular formula is C24H24N2O6. The maximum absolute atomic E-state index is 12.4. The van der Waals surface area contributed by atoms with Crippen molar-refractivity contribution in [1.29, 1.82) is 0 Å². The second-order valence-corrected chi connectivity index (χ2v) is 7.67. The zero-order valence-corrected chi connectivity index (χ0v) is 17.3. The van der Waals surface area contributed by atoms with Crippen LogP contribution < -0.4 is 15.4 Å². The van der Waals surface area contributed by atoms with Gasteiger partial charge in [-0.15, -0.1) is 0 Å². The SMILES string of the molecule is O=C(Nc1ccc(Oc2ccccc2)cc1)O[C@H]1CO[C@@H]2[C@@H]1OC[C@@H]2NCc1ccco1. The molecule has 1 amide bonds. The van der Waals surface area contributed by atoms with Crippen LogP contribution in [0.15, 0.2) is 77.4 Å². The topological polar surface area (TPSA) is 91.2 Å². The van der Waals surface area contributed by atoms with E-state index >= 15 is 0 Å². The number of furan rings is 1. The molecule has 2 saturated heterocycles. The molecule has 4 atom stereocenters. The average molecular weight is 436 g/mol. The second-order valence-electron chi connectivity index (χ2n) is 7.67. The van der Waals surface area contributed by atoms with Gasteiger partial charge in [0.15, 0.2) is 6.10 Å². The van der Waals surface area contributed by atoms with Crippen LogP contribution in [0.2, 0.25) is 0 Å². The van der Waals surface area contributed by atoms with Crippen molar-refractivity contribution in [3.05, 3.63) is 78.8 Å². The number of fused-ring (bicyclic) bond motifs is 1. The van der Waals surface area contributed by atoms with Gasteiger partial charge in [0.25, 0.3) is 0 Å². The van der Waals surface area contributed by atoms with E-state index in [9.17, 15) is 4.79 Å². The number of carbonyl (C=O) groups is 1. The van der Waals surface area contributed by atoms with Crippen LogP contribution in [0.25, 0.3) is 0 Å². The number of rotatable bonds is 7. The van der Waals surface area contributed by atoms with Crippen LogP contribution >= 0.6 is 0 Å². The van der Waals surface area contributed by atoms with Gasteiger partial charge in [0.05, 0.1) is 32.1 Å². The molecule has 0 aliphatic carbocycles. The number of nitrogens with one attached hydrogen (secondary N) is 2. The van der Waals surface area contributed by atoms with Crippen molar-refractivity contribution in [2.24, 2.45) is 0 Å². The predicted octanol–water partition coefficient (Wildman–Crippen LogP) is 3.95. The van der Waals surface area contributed by atoms with Crippen molar-refractivity contribution in [3.8, 4) is 11.5 Å². The summed E-state index contributed by atoms with van der Waals surface area (Å²) in [5.41, 5.74) is 0.608. The lowest BCUT2D eigenvalue weighted by molar-refractivity contribution is 0.00852. The van der Waals surface area contributed by atoms with Crippen LogP contribution in [0.1, 0.15) is 5.76 Å². The quantitative estimate of drug-likeness (QED) is 0.580. The lowest BCUT2D eigenvalue weighted by Gasteiger charge is -2.18. The number of hydrogen-bond donors (Lipinski definition) is 2. The van der Waals surface area contributed by atoms with Gasteiger partial charge < -0.3 is 28.7 Å². The summed E-state index contributed by atoms with van der Waals surface area (Å²) in [5, 5.41) is 6.12. The third kappa shape index (κ3) is 4.77. The van der Waals surface area contributed by atoms with Gasteiger partial charge in [0, 0.05) is 5.69 Å². The Kier molecular flexibility index (Phi) is 6.06. The molecule has 5 rings (SSSR count). The average Bonchev–Trinajstić information content (AvgIpc) is 3.54. The van der Waals surface area contributed by atoms with Crippen LogP contribution in [0.4, 0.5) is 10.5 Å². The van der Waals surface area contributed by atoms with E-state index in [0.29, 0.717) is 31.2 Å². The van der Waals surface area contributed by atoms with E-state index in [1.54, 1.807) is 30.5 Å². The summed E-state index contributed by atoms with van der Waals surface area (Å²) in [6.45, 7) is 1.37. The Morgan fingerprint density at radius 1 is 0.906 bits per heavy atom. The fraction of sp³-hybridized carbons (Fsp3) is 0.292. The molecule has 3 heterocycles. The Hall–Kier alpha value is -3.33. The molecule has 3 aromatic rings. The molecule has 8 nitrogen and oxygen atoms in total. The standard InChI is InChI=1S/C24H24N2O6/c27-24(26-16-8-10-18(11-9-16)31-17-5-2-1-3-6-17)32-21-15-30-22-20(14-29-23(21)22)25-13-19-7-4-12-28-19/h1-12,20-23,25H,13-15H2,(H,26,27)/t20-,21-,22-,23+/m0/s1. The molecule has 2 N–H and O–H groups in total. The van der Waals surface area contributed by atoms with Gasteiger partial charge in [-0.1, -0.05) is 18.2 Å². The molecule has 8 heteroatoms. The van der Waals surface area contributed by atoms with Crippen LogP contribution in [0.3, 0.4) is 0 Å². The van der Waals surface area contributed by atoms with Crippen molar-refractivity contribution < 1.29 is 28.2 Å². The lowest BCUT2D eigenvalue weighted by atomic mass is 10.1. The van der Waals surface area contributed by atoms with E-state index in [1.165, 1.54) is 0 Å². The minimum absolute atomic E-state index is 0.0129. The first-order chi connectivity index (χ1) is 15.7. The molecule has 2 aliphatic rings. The highest BCUT2D eigenvalue weighted by Crippen LogP contribution is 2.29. The number of amides is 1. The van der Waals surface area contributed by atoms with Gasteiger partial charge in [-0.05, 0) is 48.5 Å². The molecule has 166 valence electrons. The Balaban J connectivity index is 1.10. The number of anilines is 1. The molecule has 0 bridgehead atoms. The normalized spacial score (nSPS) is 24.1. The van der Waals surface area contributed by atoms with Crippen LogP contribution in [0.5, 0.6) is 11.5 Å². The summed E-state index contributed by atoms with van der Waals surface area (Å²) >= 11 is 0. The first-order valence-electron chi connectivity index (χ1n) is 10.5. The number of ether oxygens (including phenoxy) is 4. The summed E-state index contributed by atoms with van der Waals surface area (Å²) < 4.78 is 28.4. The molecule has 2 aliphatic heterocycles. The molecule has 0 radical (unpaired) electrons. The van der Waals surface area contributed by atoms with Crippen molar-refractivity contribution >= 4 is 11.8 Å². The van der Waals surface area contributed by atoms with Crippen LogP contribution in [-0.2, 0) is 20.8 Å². The molecule has 0 spiro atoms. The zero-order chi connectivity index (χ0) is 21.8. The summed E-state index contributed by atoms with van der Waals surface area (Å²) in [5.74, 6) is 2.27. The molecular weight excluding hydrogens is 412 g/mol. The predicted molar refractivity (Wildman–Crippen MR) is 116 cm³/mol. The Labute approximate surface area is 185 Å². The van der Waals surface area contributed by atoms with E-state index in [0.717, 1.165) is 11.5 Å². The number of benzene rings is 2. The zero-order valence-electron chi connectivity index (χ0n) is 17.3. The summed E-state index contributed by atoms with van der Waals surface area (Å²) in [4.78, 5) is 12.4. The first kappa shape index (κ1) is 20.6. The van der Waals surface area contributed by atoms with Crippen molar-refractivity contribution in [1.82, 2.24) is 5.32 Å². The fourth-order valence-corrected chi connectivity index (χ4v) is 3.90. The van der Waals surface area contributed by atoms with Crippen LogP contribution in [0, 0.1) is 0 Å². The van der Waals surface area contributed by atoms with E-state index in [2.05, 4.69) is 10.6 Å². The van der Waals surface area contributed by atoms with Crippen molar-refractivity contribution in [2.75, 3.05) is 18.5 Å². The number of para-hydroxylation sites is 1. The summed E-state index contributed by atoms with van der Waals surface area (Å²) in [6, 6.07) is 20.4. The molecule has 2 fully saturated rings. The Morgan fingerprint density at radius 2 is 1.69 bits per heavy atom. The van der Waals surface area contributed by atoms with Crippen molar-refractivity contribution in [3.63, 3.8) is 0 Å². The van der Waals surface area contributed by atoms with Gasteiger partial charge in [0.1, 0.15) is 29.5 Å². The molecule has 0 saturated carbocycles. The van der Waals surface area contributed by atoms with E-state index < -0.39 is 12.2 Å². The minimum atomic E-state index is -0.549. The second kappa shape index (κ2) is 9.44. The first-order valence-corrected chi connectivity index (χ1v) is 10.5. The largest absolute Gasteiger partial charge is 0.468 e. The van der Waals surface area contributed by atoms with Gasteiger partial charge in [-0.3, -0.25) is 5.32 Å². The third-order valence-electron chi connectivity index (χ3n) is 5.46. The van der Waals surface area contributed by atoms with Crippen molar-refractivity contribution in [2.45, 2.75) is 30.9 Å². The van der Waals surface area contributed by atoms with E-state index in [1.807, 2.05) is 42.5 Å². The number of hydrogen-bond acceptors (Lipinski definition) is 7. The summed E-state index contributed by atoms with van der Waals surface area (Å²) in [6.07, 6.45) is 0.167. The molecule has 0 unspecified atom stereocenters. The number of carbonyl (C=O) groups excluding carboxylic acids is 1. The van der Waals surface area contributed by atoms with Gasteiger partial charge in [-0.25, -0.2) is 4.79 Å². The monoisotopic (exact) mass is 436 g/mol. The van der Waals surface area contributed by atoms with Gasteiger partial charge >= 0.3 is 6.09 Å². The highest BCUT2D eigenvalue weighted by atomic mass is 16.6. The highest BCUT2D eigenvalue weighted by Gasteiger charge is 2.49. The Morgan fingerprint density at radius 3 is 2.47 bits per heavy atom. The smallest absolute Gasteiger partial charge is 0.412 e. The molecule has 2 aromatic carbocycles. The van der Waals surface area contributed by atoms with Gasteiger partial charge in [0.2, 0.25) is 0 Å². The van der Waals surface area contributed by atoms with E-state index in [-0.39, 0.29) is 18.2 Å². The van der Waals surface area contributed by atoms with E-state index in [4.69, 9.17) is 23.4 Å². The fourth-order valence-electron chi connectivity index (χ4n) is 3.90. The highest BCUT2D eigenvalue weighted by molar-refractivity contribution is 5.84.